The summed E-state index contributed by atoms with van der Waals surface area (Å²) < 4.78 is 6.21. The van der Waals surface area contributed by atoms with Gasteiger partial charge in [0.25, 0.3) is 0 Å². The number of fused-ring (bicyclic) bond motifs is 1. The molecule has 1 aromatic carbocycles. The summed E-state index contributed by atoms with van der Waals surface area (Å²) in [5, 5.41) is 0.815. The zero-order valence-corrected chi connectivity index (χ0v) is 12.5. The van der Waals surface area contributed by atoms with E-state index in [1.165, 1.54) is 24.0 Å². The molecule has 3 heteroatoms. The molecule has 0 radical (unpaired) electrons. The molecule has 2 aliphatic rings. The highest BCUT2D eigenvalue weighted by atomic mass is 35.5. The van der Waals surface area contributed by atoms with Crippen LogP contribution in [0.2, 0.25) is 5.02 Å². The standard InChI is InChI=1S/C16H22ClNO/c1-15(2)9-11-7-12(17)8-13(14(11)19-15)16(10-18)5-3-4-6-16/h7-8H,3-6,9-10,18H2,1-2H3. The van der Waals surface area contributed by atoms with Gasteiger partial charge in [0.05, 0.1) is 0 Å². The monoisotopic (exact) mass is 279 g/mol. The van der Waals surface area contributed by atoms with E-state index in [9.17, 15) is 0 Å². The summed E-state index contributed by atoms with van der Waals surface area (Å²) in [7, 11) is 0. The molecule has 0 atom stereocenters. The fraction of sp³-hybridized carbons (Fsp3) is 0.625. The molecule has 0 saturated heterocycles. The average Bonchev–Trinajstić information content (AvgIpc) is 2.91. The summed E-state index contributed by atoms with van der Waals surface area (Å²) in [6.45, 7) is 4.95. The van der Waals surface area contributed by atoms with E-state index in [2.05, 4.69) is 19.9 Å². The summed E-state index contributed by atoms with van der Waals surface area (Å²) in [4.78, 5) is 0. The van der Waals surface area contributed by atoms with Crippen LogP contribution in [0.25, 0.3) is 0 Å². The Morgan fingerprint density at radius 3 is 2.58 bits per heavy atom. The van der Waals surface area contributed by atoms with Gasteiger partial charge in [-0.2, -0.15) is 0 Å². The van der Waals surface area contributed by atoms with Crippen LogP contribution in [0.3, 0.4) is 0 Å². The predicted octanol–water partition coefficient (Wildman–Crippen LogP) is 3.82. The van der Waals surface area contributed by atoms with Crippen molar-refractivity contribution in [2.24, 2.45) is 5.73 Å². The SMILES string of the molecule is CC1(C)Cc2cc(Cl)cc(C3(CN)CCCC3)c2O1. The molecular weight excluding hydrogens is 258 g/mol. The van der Waals surface area contributed by atoms with Gasteiger partial charge in [-0.3, -0.25) is 0 Å². The van der Waals surface area contributed by atoms with Crippen molar-refractivity contribution < 1.29 is 4.74 Å². The van der Waals surface area contributed by atoms with Crippen LogP contribution in [0, 0.1) is 0 Å². The Labute approximate surface area is 120 Å². The maximum atomic E-state index is 6.32. The maximum Gasteiger partial charge on any atom is 0.127 e. The number of halogens is 1. The van der Waals surface area contributed by atoms with Gasteiger partial charge in [0.2, 0.25) is 0 Å². The van der Waals surface area contributed by atoms with Gasteiger partial charge >= 0.3 is 0 Å². The van der Waals surface area contributed by atoms with Crippen molar-refractivity contribution in [2.45, 2.75) is 57.0 Å². The molecule has 104 valence electrons. The lowest BCUT2D eigenvalue weighted by Crippen LogP contribution is -2.33. The van der Waals surface area contributed by atoms with Gasteiger partial charge in [0.1, 0.15) is 11.4 Å². The van der Waals surface area contributed by atoms with E-state index in [0.717, 1.165) is 30.0 Å². The van der Waals surface area contributed by atoms with E-state index in [-0.39, 0.29) is 11.0 Å². The van der Waals surface area contributed by atoms with E-state index in [0.29, 0.717) is 6.54 Å². The number of nitrogens with two attached hydrogens (primary N) is 1. The van der Waals surface area contributed by atoms with Crippen molar-refractivity contribution in [3.63, 3.8) is 0 Å². The topological polar surface area (TPSA) is 35.2 Å². The van der Waals surface area contributed by atoms with Gasteiger partial charge < -0.3 is 10.5 Å². The van der Waals surface area contributed by atoms with Gasteiger partial charge in [-0.25, -0.2) is 0 Å². The molecule has 0 spiro atoms. The first-order valence-corrected chi connectivity index (χ1v) is 7.56. The van der Waals surface area contributed by atoms with Crippen molar-refractivity contribution in [1.82, 2.24) is 0 Å². The Bertz CT molecular complexity index is 504. The third-order valence-electron chi connectivity index (χ3n) is 4.65. The van der Waals surface area contributed by atoms with E-state index < -0.39 is 0 Å². The molecule has 0 aromatic heterocycles. The highest BCUT2D eigenvalue weighted by Crippen LogP contribution is 2.49. The second kappa shape index (κ2) is 4.39. The Hall–Kier alpha value is -0.730. The van der Waals surface area contributed by atoms with E-state index in [1.807, 2.05) is 6.07 Å². The van der Waals surface area contributed by atoms with Crippen molar-refractivity contribution in [2.75, 3.05) is 6.54 Å². The van der Waals surface area contributed by atoms with Gasteiger partial charge in [-0.15, -0.1) is 0 Å². The first kappa shape index (κ1) is 13.3. The molecule has 2 nitrogen and oxygen atoms in total. The number of ether oxygens (including phenoxy) is 1. The second-order valence-corrected chi connectivity index (χ2v) is 7.11. The van der Waals surface area contributed by atoms with Crippen molar-refractivity contribution in [3.05, 3.63) is 28.3 Å². The Kier molecular flexibility index (Phi) is 3.06. The van der Waals surface area contributed by atoms with Crippen molar-refractivity contribution >= 4 is 11.6 Å². The smallest absolute Gasteiger partial charge is 0.127 e. The molecule has 19 heavy (non-hydrogen) atoms. The molecule has 1 heterocycles. The fourth-order valence-corrected chi connectivity index (χ4v) is 3.94. The summed E-state index contributed by atoms with van der Waals surface area (Å²) in [6, 6.07) is 4.13. The normalized spacial score (nSPS) is 23.2. The molecule has 1 aromatic rings. The first-order valence-electron chi connectivity index (χ1n) is 7.18. The third-order valence-corrected chi connectivity index (χ3v) is 4.87. The maximum absolute atomic E-state index is 6.32. The Balaban J connectivity index is 2.13. The zero-order valence-electron chi connectivity index (χ0n) is 11.8. The Morgan fingerprint density at radius 2 is 1.95 bits per heavy atom. The van der Waals surface area contributed by atoms with Crippen LogP contribution in [0.4, 0.5) is 0 Å². The first-order chi connectivity index (χ1) is 8.96. The fourth-order valence-electron chi connectivity index (χ4n) is 3.70. The lowest BCUT2D eigenvalue weighted by molar-refractivity contribution is 0.135. The van der Waals surface area contributed by atoms with Crippen LogP contribution < -0.4 is 10.5 Å². The summed E-state index contributed by atoms with van der Waals surface area (Å²) in [5.74, 6) is 1.06. The van der Waals surface area contributed by atoms with Crippen molar-refractivity contribution in [3.8, 4) is 5.75 Å². The number of hydrogen-bond donors (Lipinski definition) is 1. The molecule has 3 rings (SSSR count). The van der Waals surface area contributed by atoms with E-state index >= 15 is 0 Å². The summed E-state index contributed by atoms with van der Waals surface area (Å²) in [5.41, 5.74) is 8.56. The molecule has 1 fully saturated rings. The number of benzene rings is 1. The van der Waals surface area contributed by atoms with Crippen LogP contribution in [-0.2, 0) is 11.8 Å². The minimum absolute atomic E-state index is 0.0788. The summed E-state index contributed by atoms with van der Waals surface area (Å²) >= 11 is 6.32. The number of hydrogen-bond acceptors (Lipinski definition) is 2. The quantitative estimate of drug-likeness (QED) is 0.893. The van der Waals surface area contributed by atoms with E-state index in [4.69, 9.17) is 22.1 Å². The minimum atomic E-state index is -0.129. The second-order valence-electron chi connectivity index (χ2n) is 6.67. The van der Waals surface area contributed by atoms with Crippen LogP contribution >= 0.6 is 11.6 Å². The molecule has 2 N–H and O–H groups in total. The van der Waals surface area contributed by atoms with Crippen LogP contribution in [0.1, 0.15) is 50.7 Å². The lowest BCUT2D eigenvalue weighted by Gasteiger charge is -2.30. The lowest BCUT2D eigenvalue weighted by atomic mass is 9.78. The van der Waals surface area contributed by atoms with Crippen molar-refractivity contribution in [1.29, 1.82) is 0 Å². The molecule has 1 aliphatic heterocycles. The average molecular weight is 280 g/mol. The zero-order chi connectivity index (χ0) is 13.7. The third kappa shape index (κ3) is 2.15. The van der Waals surface area contributed by atoms with Crippen LogP contribution in [0.5, 0.6) is 5.75 Å². The molecule has 1 saturated carbocycles. The van der Waals surface area contributed by atoms with Gasteiger partial charge in [-0.1, -0.05) is 24.4 Å². The molecular formula is C16H22ClNO. The molecule has 0 bridgehead atoms. The van der Waals surface area contributed by atoms with Crippen LogP contribution in [-0.4, -0.2) is 12.1 Å². The molecule has 1 aliphatic carbocycles. The highest BCUT2D eigenvalue weighted by Gasteiger charge is 2.41. The molecule has 0 unspecified atom stereocenters. The minimum Gasteiger partial charge on any atom is -0.487 e. The largest absolute Gasteiger partial charge is 0.487 e. The van der Waals surface area contributed by atoms with Gasteiger partial charge in [0, 0.05) is 29.0 Å². The van der Waals surface area contributed by atoms with Crippen LogP contribution in [0.15, 0.2) is 12.1 Å². The predicted molar refractivity (Wildman–Crippen MR) is 79.1 cm³/mol. The summed E-state index contributed by atoms with van der Waals surface area (Å²) in [6.07, 6.45) is 5.74. The number of rotatable bonds is 2. The highest BCUT2D eigenvalue weighted by molar-refractivity contribution is 6.30. The Morgan fingerprint density at radius 1 is 1.26 bits per heavy atom. The van der Waals surface area contributed by atoms with E-state index in [1.54, 1.807) is 0 Å². The van der Waals surface area contributed by atoms with Gasteiger partial charge in [0.15, 0.2) is 0 Å². The molecule has 0 amide bonds. The van der Waals surface area contributed by atoms with Gasteiger partial charge in [-0.05, 0) is 44.4 Å².